The summed E-state index contributed by atoms with van der Waals surface area (Å²) in [6, 6.07) is 8.25. The number of amides is 1. The molecule has 0 saturated carbocycles. The maximum atomic E-state index is 12.5. The van der Waals surface area contributed by atoms with Gasteiger partial charge in [0.2, 0.25) is 0 Å². The van der Waals surface area contributed by atoms with E-state index in [-0.39, 0.29) is 30.5 Å². The Hall–Kier alpha value is -1.88. The zero-order valence-electron chi connectivity index (χ0n) is 14.5. The number of ether oxygens (including phenoxy) is 2. The van der Waals surface area contributed by atoms with Gasteiger partial charge >= 0.3 is 5.97 Å². The number of esters is 1. The number of hydrogen-bond donors (Lipinski definition) is 1. The molecule has 2 rings (SSSR count). The first-order chi connectivity index (χ1) is 11.6. The third-order valence-corrected chi connectivity index (χ3v) is 4.47. The minimum atomic E-state index is -0.647. The van der Waals surface area contributed by atoms with Gasteiger partial charge in [-0.15, -0.1) is 0 Å². The first-order valence-electron chi connectivity index (χ1n) is 8.76. The fourth-order valence-electron chi connectivity index (χ4n) is 2.69. The van der Waals surface area contributed by atoms with Crippen molar-refractivity contribution >= 4 is 11.9 Å². The van der Waals surface area contributed by atoms with E-state index in [1.165, 1.54) is 0 Å². The highest BCUT2D eigenvalue weighted by molar-refractivity contribution is 5.96. The van der Waals surface area contributed by atoms with Crippen LogP contribution in [0.1, 0.15) is 49.9 Å². The molecule has 1 N–H and O–H groups in total. The van der Waals surface area contributed by atoms with Crippen molar-refractivity contribution in [3.63, 3.8) is 0 Å². The summed E-state index contributed by atoms with van der Waals surface area (Å²) in [7, 11) is 0. The Morgan fingerprint density at radius 1 is 1.29 bits per heavy atom. The smallest absolute Gasteiger partial charge is 0.329 e. The topological polar surface area (TPSA) is 64.6 Å². The van der Waals surface area contributed by atoms with E-state index in [2.05, 4.69) is 5.32 Å². The molecule has 1 heterocycles. The Morgan fingerprint density at radius 2 is 2.04 bits per heavy atom. The average Bonchev–Trinajstić information content (AvgIpc) is 2.65. The molecule has 1 amide bonds. The van der Waals surface area contributed by atoms with Crippen LogP contribution in [0.15, 0.2) is 30.3 Å². The lowest BCUT2D eigenvalue weighted by Crippen LogP contribution is -2.46. The summed E-state index contributed by atoms with van der Waals surface area (Å²) in [4.78, 5) is 24.8. The normalized spacial score (nSPS) is 20.0. The highest BCUT2D eigenvalue weighted by Gasteiger charge is 2.28. The van der Waals surface area contributed by atoms with Crippen molar-refractivity contribution in [1.29, 1.82) is 0 Å². The molecule has 24 heavy (non-hydrogen) atoms. The average molecular weight is 333 g/mol. The minimum absolute atomic E-state index is 0.00237. The number of benzene rings is 1. The summed E-state index contributed by atoms with van der Waals surface area (Å²) in [5, 5.41) is 2.82. The molecule has 0 radical (unpaired) electrons. The van der Waals surface area contributed by atoms with Crippen LogP contribution in [0.2, 0.25) is 0 Å². The quantitative estimate of drug-likeness (QED) is 0.779. The molecule has 0 spiro atoms. The molecule has 0 aliphatic carbocycles. The Bertz CT molecular complexity index is 525. The summed E-state index contributed by atoms with van der Waals surface area (Å²) in [5.41, 5.74) is 0.536. The Balaban J connectivity index is 1.93. The molecule has 5 heteroatoms. The van der Waals surface area contributed by atoms with Crippen LogP contribution >= 0.6 is 0 Å². The largest absolute Gasteiger partial charge is 0.461 e. The van der Waals surface area contributed by atoms with Crippen molar-refractivity contribution < 1.29 is 19.1 Å². The van der Waals surface area contributed by atoms with E-state index in [4.69, 9.17) is 9.47 Å². The second-order valence-corrected chi connectivity index (χ2v) is 6.32. The van der Waals surface area contributed by atoms with Gasteiger partial charge in [0.05, 0.1) is 6.10 Å². The van der Waals surface area contributed by atoms with Gasteiger partial charge in [-0.25, -0.2) is 4.79 Å². The van der Waals surface area contributed by atoms with Crippen molar-refractivity contribution in [1.82, 2.24) is 5.32 Å². The first kappa shape index (κ1) is 18.5. The van der Waals surface area contributed by atoms with E-state index in [1.54, 1.807) is 24.3 Å². The molecule has 1 aliphatic heterocycles. The number of carbonyl (C=O) groups excluding carboxylic acids is 2. The third kappa shape index (κ3) is 5.34. The van der Waals surface area contributed by atoms with Crippen LogP contribution in [-0.4, -0.2) is 37.2 Å². The molecule has 0 bridgehead atoms. The van der Waals surface area contributed by atoms with E-state index >= 15 is 0 Å². The number of rotatable bonds is 7. The van der Waals surface area contributed by atoms with Crippen LogP contribution < -0.4 is 5.32 Å². The molecule has 3 unspecified atom stereocenters. The Morgan fingerprint density at radius 3 is 2.67 bits per heavy atom. The summed E-state index contributed by atoms with van der Waals surface area (Å²) in [6.07, 6.45) is 3.83. The lowest BCUT2D eigenvalue weighted by atomic mass is 9.98. The summed E-state index contributed by atoms with van der Waals surface area (Å²) >= 11 is 0. The second kappa shape index (κ2) is 9.42. The van der Waals surface area contributed by atoms with Crippen LogP contribution in [-0.2, 0) is 14.3 Å². The van der Waals surface area contributed by atoms with Gasteiger partial charge < -0.3 is 14.8 Å². The van der Waals surface area contributed by atoms with Crippen molar-refractivity contribution in [2.75, 3.05) is 13.2 Å². The van der Waals surface area contributed by atoms with Crippen molar-refractivity contribution in [2.24, 2.45) is 5.92 Å². The molecule has 5 nitrogen and oxygen atoms in total. The van der Waals surface area contributed by atoms with Gasteiger partial charge in [0, 0.05) is 12.2 Å². The Kier molecular flexibility index (Phi) is 7.25. The highest BCUT2D eigenvalue weighted by Crippen LogP contribution is 2.15. The summed E-state index contributed by atoms with van der Waals surface area (Å²) in [5.74, 6) is -0.646. The predicted octanol–water partition coefficient (Wildman–Crippen LogP) is 2.94. The maximum absolute atomic E-state index is 12.5. The van der Waals surface area contributed by atoms with Gasteiger partial charge in [-0.2, -0.15) is 0 Å². The Labute approximate surface area is 143 Å². The molecule has 1 aromatic carbocycles. The molecule has 0 aromatic heterocycles. The van der Waals surface area contributed by atoms with Crippen LogP contribution in [0.3, 0.4) is 0 Å². The SMILES string of the molecule is CCC(C)C(NC(=O)c1ccccc1)C(=O)OCC1CCCCO1. The molecule has 3 atom stereocenters. The zero-order valence-corrected chi connectivity index (χ0v) is 14.5. The minimum Gasteiger partial charge on any atom is -0.461 e. The third-order valence-electron chi connectivity index (χ3n) is 4.47. The van der Waals surface area contributed by atoms with E-state index in [9.17, 15) is 9.59 Å². The number of hydrogen-bond acceptors (Lipinski definition) is 4. The van der Waals surface area contributed by atoms with Gasteiger partial charge in [-0.05, 0) is 37.3 Å². The van der Waals surface area contributed by atoms with Gasteiger partial charge in [-0.1, -0.05) is 38.5 Å². The lowest BCUT2D eigenvalue weighted by molar-refractivity contribution is -0.152. The second-order valence-electron chi connectivity index (χ2n) is 6.32. The maximum Gasteiger partial charge on any atom is 0.329 e. The molecular formula is C19H27NO4. The number of nitrogens with one attached hydrogen (secondary N) is 1. The van der Waals surface area contributed by atoms with Gasteiger partial charge in [0.25, 0.3) is 5.91 Å². The van der Waals surface area contributed by atoms with E-state index < -0.39 is 6.04 Å². The fraction of sp³-hybridized carbons (Fsp3) is 0.579. The van der Waals surface area contributed by atoms with Crippen molar-refractivity contribution in [3.8, 4) is 0 Å². The molecule has 132 valence electrons. The van der Waals surface area contributed by atoms with Crippen LogP contribution in [0.4, 0.5) is 0 Å². The van der Waals surface area contributed by atoms with Crippen LogP contribution in [0.5, 0.6) is 0 Å². The number of carbonyl (C=O) groups is 2. The standard InChI is InChI=1S/C19H27NO4/c1-3-14(2)17(20-18(21)15-9-5-4-6-10-15)19(22)24-13-16-11-7-8-12-23-16/h4-6,9-10,14,16-17H,3,7-8,11-13H2,1-2H3,(H,20,21). The molecule has 1 fully saturated rings. The van der Waals surface area contributed by atoms with Gasteiger partial charge in [0.1, 0.15) is 12.6 Å². The van der Waals surface area contributed by atoms with Crippen molar-refractivity contribution in [2.45, 2.75) is 51.7 Å². The van der Waals surface area contributed by atoms with Gasteiger partial charge in [-0.3, -0.25) is 4.79 Å². The predicted molar refractivity (Wildman–Crippen MR) is 91.7 cm³/mol. The van der Waals surface area contributed by atoms with Crippen molar-refractivity contribution in [3.05, 3.63) is 35.9 Å². The van der Waals surface area contributed by atoms with Gasteiger partial charge in [0.15, 0.2) is 0 Å². The summed E-state index contributed by atoms with van der Waals surface area (Å²) < 4.78 is 11.0. The van der Waals surface area contributed by atoms with Crippen LogP contribution in [0.25, 0.3) is 0 Å². The monoisotopic (exact) mass is 333 g/mol. The summed E-state index contributed by atoms with van der Waals surface area (Å²) in [6.45, 7) is 4.91. The first-order valence-corrected chi connectivity index (χ1v) is 8.76. The fourth-order valence-corrected chi connectivity index (χ4v) is 2.69. The molecule has 1 saturated heterocycles. The lowest BCUT2D eigenvalue weighted by Gasteiger charge is -2.26. The van der Waals surface area contributed by atoms with E-state index in [1.807, 2.05) is 19.9 Å². The molecule has 1 aliphatic rings. The molecular weight excluding hydrogens is 306 g/mol. The molecule has 1 aromatic rings. The van der Waals surface area contributed by atoms with E-state index in [0.717, 1.165) is 32.3 Å². The van der Waals surface area contributed by atoms with E-state index in [0.29, 0.717) is 5.56 Å². The highest BCUT2D eigenvalue weighted by atomic mass is 16.6. The van der Waals surface area contributed by atoms with Crippen LogP contribution in [0, 0.1) is 5.92 Å². The zero-order chi connectivity index (χ0) is 17.4.